The van der Waals surface area contributed by atoms with Gasteiger partial charge in [0.15, 0.2) is 0 Å². The van der Waals surface area contributed by atoms with E-state index in [1.165, 1.54) is 11.1 Å². The van der Waals surface area contributed by atoms with Gasteiger partial charge in [-0.1, -0.05) is 59.0 Å². The molecule has 0 N–H and O–H groups in total. The van der Waals surface area contributed by atoms with Crippen LogP contribution in [0.4, 0.5) is 0 Å². The molecule has 0 saturated carbocycles. The molecule has 1 rings (SSSR count). The van der Waals surface area contributed by atoms with E-state index in [1.54, 1.807) is 0 Å². The molecule has 0 aliphatic heterocycles. The highest BCUT2D eigenvalue weighted by Gasteiger charge is 2.42. The summed E-state index contributed by atoms with van der Waals surface area (Å²) in [6, 6.07) is 9.53. The van der Waals surface area contributed by atoms with Crippen molar-refractivity contribution in [1.82, 2.24) is 0 Å². The van der Waals surface area contributed by atoms with Crippen molar-refractivity contribution < 1.29 is 13.3 Å². The fourth-order valence-electron chi connectivity index (χ4n) is 2.63. The van der Waals surface area contributed by atoms with Crippen molar-refractivity contribution >= 4 is 37.5 Å². The van der Waals surface area contributed by atoms with Gasteiger partial charge in [0.1, 0.15) is 0 Å². The van der Waals surface area contributed by atoms with Gasteiger partial charge in [0, 0.05) is 30.3 Å². The molecule has 0 aliphatic carbocycles. The van der Waals surface area contributed by atoms with Gasteiger partial charge < -0.3 is 13.3 Å². The fraction of sp³-hybridized carbons (Fsp3) is 0.556. The molecular formula is C18H29IO3Si. The second-order valence-corrected chi connectivity index (χ2v) is 8.73. The molecule has 1 aromatic rings. The maximum absolute atomic E-state index is 6.02. The van der Waals surface area contributed by atoms with E-state index in [-0.39, 0.29) is 0 Å². The molecule has 5 heteroatoms. The summed E-state index contributed by atoms with van der Waals surface area (Å²) in [5.74, 6) is 0.372. The Morgan fingerprint density at radius 2 is 1.70 bits per heavy atom. The van der Waals surface area contributed by atoms with Gasteiger partial charge >= 0.3 is 8.80 Å². The van der Waals surface area contributed by atoms with Crippen molar-refractivity contribution in [3.05, 3.63) is 41.5 Å². The van der Waals surface area contributed by atoms with Crippen molar-refractivity contribution in [2.24, 2.45) is 0 Å². The first-order valence-electron chi connectivity index (χ1n) is 8.35. The topological polar surface area (TPSA) is 27.7 Å². The van der Waals surface area contributed by atoms with Crippen molar-refractivity contribution in [1.29, 1.82) is 0 Å². The van der Waals surface area contributed by atoms with Crippen molar-refractivity contribution in [2.75, 3.05) is 24.2 Å². The molecule has 0 heterocycles. The Hall–Kier alpha value is -0.213. The summed E-state index contributed by atoms with van der Waals surface area (Å²) < 4.78 is 19.1. The Bertz CT molecular complexity index is 462. The fourth-order valence-corrected chi connectivity index (χ4v) is 6.95. The number of alkyl halides is 1. The van der Waals surface area contributed by atoms with Gasteiger partial charge in [-0.15, -0.1) is 0 Å². The zero-order valence-corrected chi connectivity index (χ0v) is 17.8. The van der Waals surface area contributed by atoms with E-state index < -0.39 is 8.80 Å². The Balaban J connectivity index is 3.03. The summed E-state index contributed by atoms with van der Waals surface area (Å²) in [4.78, 5) is 0. The van der Waals surface area contributed by atoms with Gasteiger partial charge in [0.2, 0.25) is 0 Å². The SMILES string of the molecule is CC=Cc1cccc(C(CI)C[Si](OCC)(OCC)OCC)c1. The van der Waals surface area contributed by atoms with E-state index in [1.807, 2.05) is 27.7 Å². The maximum Gasteiger partial charge on any atom is 0.501 e. The number of benzene rings is 1. The van der Waals surface area contributed by atoms with E-state index in [9.17, 15) is 0 Å². The quantitative estimate of drug-likeness (QED) is 0.262. The molecule has 0 amide bonds. The Labute approximate surface area is 155 Å². The summed E-state index contributed by atoms with van der Waals surface area (Å²) >= 11 is 2.45. The molecule has 1 atom stereocenters. The van der Waals surface area contributed by atoms with Gasteiger partial charge in [0.05, 0.1) is 0 Å². The second kappa shape index (κ2) is 11.4. The molecule has 1 aromatic carbocycles. The van der Waals surface area contributed by atoms with Gasteiger partial charge in [-0.05, 0) is 44.7 Å². The summed E-state index contributed by atoms with van der Waals surface area (Å²) in [6.07, 6.45) is 4.20. The van der Waals surface area contributed by atoms with Crippen LogP contribution in [0.15, 0.2) is 30.3 Å². The summed E-state index contributed by atoms with van der Waals surface area (Å²) in [7, 11) is -2.62. The van der Waals surface area contributed by atoms with Crippen LogP contribution in [0.3, 0.4) is 0 Å². The number of rotatable bonds is 11. The average molecular weight is 448 g/mol. The molecule has 0 aliphatic rings. The van der Waals surface area contributed by atoms with E-state index in [0.717, 1.165) is 10.5 Å². The number of halogens is 1. The molecule has 0 radical (unpaired) electrons. The van der Waals surface area contributed by atoms with Crippen LogP contribution < -0.4 is 0 Å². The van der Waals surface area contributed by atoms with Gasteiger partial charge in [-0.2, -0.15) is 0 Å². The molecule has 0 aromatic heterocycles. The second-order valence-electron chi connectivity index (χ2n) is 5.21. The van der Waals surface area contributed by atoms with Crippen molar-refractivity contribution in [2.45, 2.75) is 39.7 Å². The molecule has 0 fully saturated rings. The van der Waals surface area contributed by atoms with E-state index in [0.29, 0.717) is 25.7 Å². The monoisotopic (exact) mass is 448 g/mol. The minimum absolute atomic E-state index is 0.372. The number of hydrogen-bond donors (Lipinski definition) is 0. The lowest BCUT2D eigenvalue weighted by Gasteiger charge is -2.31. The van der Waals surface area contributed by atoms with E-state index in [2.05, 4.69) is 59.0 Å². The highest BCUT2D eigenvalue weighted by Crippen LogP contribution is 2.31. The molecule has 1 unspecified atom stereocenters. The van der Waals surface area contributed by atoms with Crippen molar-refractivity contribution in [3.63, 3.8) is 0 Å². The van der Waals surface area contributed by atoms with E-state index in [4.69, 9.17) is 13.3 Å². The predicted octanol–water partition coefficient (Wildman–Crippen LogP) is 5.29. The summed E-state index contributed by atoms with van der Waals surface area (Å²) in [5, 5.41) is 0. The van der Waals surface area contributed by atoms with Gasteiger partial charge in [-0.3, -0.25) is 0 Å². The summed E-state index contributed by atoms with van der Waals surface area (Å²) in [6.45, 7) is 9.93. The minimum atomic E-state index is -2.62. The first-order valence-corrected chi connectivity index (χ1v) is 11.8. The van der Waals surface area contributed by atoms with Gasteiger partial charge in [0.25, 0.3) is 0 Å². The number of allylic oxidation sites excluding steroid dienone is 1. The maximum atomic E-state index is 6.02. The lowest BCUT2D eigenvalue weighted by atomic mass is 10.0. The van der Waals surface area contributed by atoms with Crippen LogP contribution in [0.25, 0.3) is 6.08 Å². The van der Waals surface area contributed by atoms with Crippen molar-refractivity contribution in [3.8, 4) is 0 Å². The molecule has 23 heavy (non-hydrogen) atoms. The first kappa shape index (κ1) is 20.8. The third-order valence-electron chi connectivity index (χ3n) is 3.52. The Morgan fingerprint density at radius 1 is 1.09 bits per heavy atom. The minimum Gasteiger partial charge on any atom is -0.374 e. The third-order valence-corrected chi connectivity index (χ3v) is 7.76. The van der Waals surface area contributed by atoms with Crippen LogP contribution in [-0.2, 0) is 13.3 Å². The van der Waals surface area contributed by atoms with Crippen LogP contribution in [0.5, 0.6) is 0 Å². The van der Waals surface area contributed by atoms with Crippen LogP contribution in [0.2, 0.25) is 6.04 Å². The van der Waals surface area contributed by atoms with E-state index >= 15 is 0 Å². The lowest BCUT2D eigenvalue weighted by Crippen LogP contribution is -2.47. The van der Waals surface area contributed by atoms with Gasteiger partial charge in [-0.25, -0.2) is 0 Å². The molecule has 0 spiro atoms. The summed E-state index contributed by atoms with van der Waals surface area (Å²) in [5.41, 5.74) is 2.56. The highest BCUT2D eigenvalue weighted by molar-refractivity contribution is 14.1. The predicted molar refractivity (Wildman–Crippen MR) is 108 cm³/mol. The number of hydrogen-bond acceptors (Lipinski definition) is 3. The molecular weight excluding hydrogens is 419 g/mol. The van der Waals surface area contributed by atoms with Crippen LogP contribution >= 0.6 is 22.6 Å². The molecule has 0 bridgehead atoms. The Kier molecular flexibility index (Phi) is 10.3. The first-order chi connectivity index (χ1) is 11.1. The lowest BCUT2D eigenvalue weighted by molar-refractivity contribution is 0.0700. The average Bonchev–Trinajstić information content (AvgIpc) is 2.54. The zero-order valence-electron chi connectivity index (χ0n) is 14.7. The zero-order chi connectivity index (χ0) is 17.1. The van der Waals surface area contributed by atoms with Crippen LogP contribution in [-0.4, -0.2) is 33.1 Å². The standard InChI is InChI=1S/C18H29IO3Si/c1-5-10-16-11-9-12-17(13-16)18(14-19)15-23(20-6-2,21-7-3)22-8-4/h5,9-13,18H,6-8,14-15H2,1-4H3. The Morgan fingerprint density at radius 3 is 2.17 bits per heavy atom. The molecule has 130 valence electrons. The largest absolute Gasteiger partial charge is 0.501 e. The van der Waals surface area contributed by atoms with Crippen LogP contribution in [0, 0.1) is 0 Å². The smallest absolute Gasteiger partial charge is 0.374 e. The third kappa shape index (κ3) is 6.66. The normalized spacial score (nSPS) is 13.6. The molecule has 3 nitrogen and oxygen atoms in total. The highest BCUT2D eigenvalue weighted by atomic mass is 127. The molecule has 0 saturated heterocycles. The van der Waals surface area contributed by atoms with Crippen LogP contribution in [0.1, 0.15) is 44.7 Å².